The lowest BCUT2D eigenvalue weighted by Gasteiger charge is -2.31. The summed E-state index contributed by atoms with van der Waals surface area (Å²) >= 11 is 0. The van der Waals surface area contributed by atoms with Crippen molar-refractivity contribution in [2.75, 3.05) is 46.0 Å². The number of ether oxygens (including phenoxy) is 3. The number of nitrogens with zero attached hydrogens (tertiary/aromatic N) is 2. The first kappa shape index (κ1) is 27.7. The monoisotopic (exact) mass is 522 g/mol. The number of amides is 1. The van der Waals surface area contributed by atoms with E-state index < -0.39 is 17.7 Å². The second kappa shape index (κ2) is 12.5. The summed E-state index contributed by atoms with van der Waals surface area (Å²) in [7, 11) is 0. The van der Waals surface area contributed by atoms with E-state index in [4.69, 9.17) is 14.2 Å². The Labute approximate surface area is 224 Å². The molecule has 0 radical (unpaired) electrons. The van der Waals surface area contributed by atoms with Gasteiger partial charge in [-0.3, -0.25) is 14.5 Å². The number of aliphatic hydroxyl groups is 1. The molecule has 1 unspecified atom stereocenters. The Bertz CT molecular complexity index is 1170. The molecule has 2 fully saturated rings. The van der Waals surface area contributed by atoms with E-state index in [0.29, 0.717) is 44.2 Å². The number of carbonyl (C=O) groups excluding carboxylic acids is 2. The molecule has 4 rings (SSSR count). The van der Waals surface area contributed by atoms with Crippen molar-refractivity contribution < 1.29 is 28.9 Å². The Kier molecular flexibility index (Phi) is 9.07. The number of morpholine rings is 1. The van der Waals surface area contributed by atoms with Crippen LogP contribution in [0.5, 0.6) is 11.5 Å². The smallest absolute Gasteiger partial charge is 0.295 e. The predicted octanol–water partition coefficient (Wildman–Crippen LogP) is 4.32. The molecule has 0 aliphatic carbocycles. The molecule has 8 heteroatoms. The molecule has 2 aliphatic heterocycles. The first-order valence-corrected chi connectivity index (χ1v) is 13.4. The Morgan fingerprint density at radius 2 is 1.74 bits per heavy atom. The van der Waals surface area contributed by atoms with Gasteiger partial charge in [0.2, 0.25) is 0 Å². The molecule has 0 spiro atoms. The molecule has 0 saturated carbocycles. The number of rotatable bonds is 10. The van der Waals surface area contributed by atoms with E-state index in [9.17, 15) is 14.7 Å². The summed E-state index contributed by atoms with van der Waals surface area (Å²) in [4.78, 5) is 30.5. The summed E-state index contributed by atoms with van der Waals surface area (Å²) in [6.45, 7) is 12.2. The van der Waals surface area contributed by atoms with Crippen molar-refractivity contribution in [3.8, 4) is 11.5 Å². The van der Waals surface area contributed by atoms with E-state index in [-0.39, 0.29) is 17.4 Å². The third-order valence-electron chi connectivity index (χ3n) is 6.79. The average molecular weight is 523 g/mol. The molecule has 2 aliphatic rings. The van der Waals surface area contributed by atoms with Crippen molar-refractivity contribution >= 4 is 17.4 Å². The highest BCUT2D eigenvalue weighted by Gasteiger charge is 2.46. The van der Waals surface area contributed by atoms with Gasteiger partial charge >= 0.3 is 0 Å². The average Bonchev–Trinajstić information content (AvgIpc) is 3.16. The predicted molar refractivity (Wildman–Crippen MR) is 145 cm³/mol. The maximum absolute atomic E-state index is 13.4. The maximum atomic E-state index is 13.4. The minimum atomic E-state index is -0.706. The van der Waals surface area contributed by atoms with Gasteiger partial charge in [0.25, 0.3) is 11.7 Å². The van der Waals surface area contributed by atoms with Crippen molar-refractivity contribution in [2.45, 2.75) is 46.3 Å². The summed E-state index contributed by atoms with van der Waals surface area (Å²) in [5, 5.41) is 11.5. The van der Waals surface area contributed by atoms with Gasteiger partial charge in [-0.05, 0) is 68.7 Å². The summed E-state index contributed by atoms with van der Waals surface area (Å²) in [5.41, 5.74) is 2.09. The van der Waals surface area contributed by atoms with Gasteiger partial charge in [0.15, 0.2) is 0 Å². The zero-order valence-electron chi connectivity index (χ0n) is 22.7. The standard InChI is InChI=1S/C30H38N2O6/c1-5-16-37-23-8-6-22(7-9-23)27-26(28(33)25-11-10-24(19-21(25)4)38-20(2)3)29(34)30(35)32(27)13-12-31-14-17-36-18-15-31/h6-11,19-20,27,33H,5,12-18H2,1-4H3/b28-26+. The van der Waals surface area contributed by atoms with Crippen LogP contribution in [0, 0.1) is 6.92 Å². The van der Waals surface area contributed by atoms with E-state index in [1.54, 1.807) is 17.0 Å². The van der Waals surface area contributed by atoms with Gasteiger partial charge in [0.1, 0.15) is 17.3 Å². The minimum absolute atomic E-state index is 0.00918. The van der Waals surface area contributed by atoms with Gasteiger partial charge in [-0.1, -0.05) is 19.1 Å². The van der Waals surface area contributed by atoms with Crippen LogP contribution in [0.25, 0.3) is 5.76 Å². The highest BCUT2D eigenvalue weighted by molar-refractivity contribution is 6.46. The molecule has 204 valence electrons. The third-order valence-corrected chi connectivity index (χ3v) is 6.79. The Morgan fingerprint density at radius 1 is 1.05 bits per heavy atom. The van der Waals surface area contributed by atoms with Crippen LogP contribution in [0.15, 0.2) is 48.0 Å². The molecular formula is C30H38N2O6. The fraction of sp³-hybridized carbons (Fsp3) is 0.467. The first-order chi connectivity index (χ1) is 18.3. The van der Waals surface area contributed by atoms with E-state index in [0.717, 1.165) is 36.4 Å². The summed E-state index contributed by atoms with van der Waals surface area (Å²) in [6.07, 6.45) is 0.902. The molecule has 0 bridgehead atoms. The molecule has 1 N–H and O–H groups in total. The van der Waals surface area contributed by atoms with E-state index in [1.165, 1.54) is 0 Å². The van der Waals surface area contributed by atoms with Crippen LogP contribution in [0.4, 0.5) is 0 Å². The molecule has 2 heterocycles. The lowest BCUT2D eigenvalue weighted by Crippen LogP contribution is -2.42. The number of Topliss-reactive ketones (excluding diaryl/α,β-unsaturated/α-hetero) is 1. The SMILES string of the molecule is CCCOc1ccc(C2/C(=C(\O)c3ccc(OC(C)C)cc3C)C(=O)C(=O)N2CCN2CCOCC2)cc1. The number of benzene rings is 2. The molecule has 1 atom stereocenters. The van der Waals surface area contributed by atoms with Crippen LogP contribution >= 0.6 is 0 Å². The first-order valence-electron chi connectivity index (χ1n) is 13.4. The Hall–Kier alpha value is -3.36. The highest BCUT2D eigenvalue weighted by atomic mass is 16.5. The van der Waals surface area contributed by atoms with Crippen molar-refractivity contribution in [3.05, 3.63) is 64.7 Å². The van der Waals surface area contributed by atoms with E-state index in [2.05, 4.69) is 4.90 Å². The normalized spacial score (nSPS) is 19.8. The largest absolute Gasteiger partial charge is 0.507 e. The molecule has 2 aromatic carbocycles. The second-order valence-corrected chi connectivity index (χ2v) is 10.0. The zero-order valence-corrected chi connectivity index (χ0v) is 22.7. The van der Waals surface area contributed by atoms with Crippen LogP contribution in [-0.2, 0) is 14.3 Å². The highest BCUT2D eigenvalue weighted by Crippen LogP contribution is 2.40. The van der Waals surface area contributed by atoms with E-state index >= 15 is 0 Å². The number of hydrogen-bond donors (Lipinski definition) is 1. The minimum Gasteiger partial charge on any atom is -0.507 e. The number of ketones is 1. The van der Waals surface area contributed by atoms with Crippen molar-refractivity contribution in [1.29, 1.82) is 0 Å². The topological polar surface area (TPSA) is 88.5 Å². The molecule has 1 amide bonds. The van der Waals surface area contributed by atoms with Gasteiger partial charge < -0.3 is 24.2 Å². The number of aryl methyl sites for hydroxylation is 1. The Balaban J connectivity index is 1.72. The Morgan fingerprint density at radius 3 is 2.37 bits per heavy atom. The fourth-order valence-electron chi connectivity index (χ4n) is 4.89. The van der Waals surface area contributed by atoms with Crippen molar-refractivity contribution in [1.82, 2.24) is 9.80 Å². The van der Waals surface area contributed by atoms with Crippen LogP contribution in [0.3, 0.4) is 0 Å². The number of likely N-dealkylation sites (tertiary alicyclic amines) is 1. The van der Waals surface area contributed by atoms with Crippen LogP contribution in [-0.4, -0.2) is 78.7 Å². The van der Waals surface area contributed by atoms with Crippen molar-refractivity contribution in [2.24, 2.45) is 0 Å². The molecule has 2 saturated heterocycles. The maximum Gasteiger partial charge on any atom is 0.295 e. The molecule has 8 nitrogen and oxygen atoms in total. The number of hydrogen-bond acceptors (Lipinski definition) is 7. The lowest BCUT2D eigenvalue weighted by molar-refractivity contribution is -0.140. The fourth-order valence-corrected chi connectivity index (χ4v) is 4.89. The van der Waals surface area contributed by atoms with E-state index in [1.807, 2.05) is 58.0 Å². The van der Waals surface area contributed by atoms with Crippen LogP contribution in [0.2, 0.25) is 0 Å². The summed E-state index contributed by atoms with van der Waals surface area (Å²) in [5.74, 6) is -0.0601. The quantitative estimate of drug-likeness (QED) is 0.282. The molecule has 0 aromatic heterocycles. The van der Waals surface area contributed by atoms with Gasteiger partial charge in [0, 0.05) is 31.7 Å². The molecular weight excluding hydrogens is 484 g/mol. The van der Waals surface area contributed by atoms with Gasteiger partial charge in [0.05, 0.1) is 37.5 Å². The van der Waals surface area contributed by atoms with Crippen LogP contribution < -0.4 is 9.47 Å². The summed E-state index contributed by atoms with van der Waals surface area (Å²) < 4.78 is 16.9. The van der Waals surface area contributed by atoms with Gasteiger partial charge in [-0.2, -0.15) is 0 Å². The van der Waals surface area contributed by atoms with Gasteiger partial charge in [-0.25, -0.2) is 0 Å². The summed E-state index contributed by atoms with van der Waals surface area (Å²) in [6, 6.07) is 12.0. The van der Waals surface area contributed by atoms with Crippen molar-refractivity contribution in [3.63, 3.8) is 0 Å². The molecule has 2 aromatic rings. The second-order valence-electron chi connectivity index (χ2n) is 10.0. The zero-order chi connectivity index (χ0) is 27.2. The number of carbonyl (C=O) groups is 2. The molecule has 38 heavy (non-hydrogen) atoms. The van der Waals surface area contributed by atoms with Crippen LogP contribution in [0.1, 0.15) is 49.9 Å². The third kappa shape index (κ3) is 6.19. The number of aliphatic hydroxyl groups excluding tert-OH is 1. The van der Waals surface area contributed by atoms with Gasteiger partial charge in [-0.15, -0.1) is 0 Å². The lowest BCUT2D eigenvalue weighted by atomic mass is 9.94.